The number of nitrogens with zero attached hydrogens (tertiary/aromatic N) is 4. The van der Waals surface area contributed by atoms with Crippen LogP contribution < -0.4 is 9.64 Å². The summed E-state index contributed by atoms with van der Waals surface area (Å²) in [6, 6.07) is 4.70. The highest BCUT2D eigenvalue weighted by Crippen LogP contribution is 2.37. The Balaban J connectivity index is 1.40. The van der Waals surface area contributed by atoms with Crippen LogP contribution in [0.25, 0.3) is 0 Å². The number of anilines is 1. The van der Waals surface area contributed by atoms with Crippen LogP contribution in [0.5, 0.6) is 5.88 Å². The zero-order chi connectivity index (χ0) is 15.7. The lowest BCUT2D eigenvalue weighted by Crippen LogP contribution is -2.66. The molecule has 2 aromatic rings. The summed E-state index contributed by atoms with van der Waals surface area (Å²) >= 11 is 0. The fourth-order valence-corrected chi connectivity index (χ4v) is 3.16. The first-order chi connectivity index (χ1) is 11.2. The molecule has 2 fully saturated rings. The molecule has 2 aromatic heterocycles. The van der Waals surface area contributed by atoms with Gasteiger partial charge >= 0.3 is 0 Å². The molecule has 0 radical (unpaired) electrons. The maximum atomic E-state index is 13.7. The van der Waals surface area contributed by atoms with E-state index in [2.05, 4.69) is 19.9 Å². The first-order valence-electron chi connectivity index (χ1n) is 7.67. The highest BCUT2D eigenvalue weighted by atomic mass is 19.1. The molecule has 2 aliphatic heterocycles. The van der Waals surface area contributed by atoms with Crippen molar-refractivity contribution in [3.8, 4) is 5.88 Å². The Morgan fingerprint density at radius 3 is 2.74 bits per heavy atom. The predicted octanol–water partition coefficient (Wildman–Crippen LogP) is 1.83. The summed E-state index contributed by atoms with van der Waals surface area (Å²) in [5.74, 6) is 0.346. The van der Waals surface area contributed by atoms with Gasteiger partial charge in [0.25, 0.3) is 5.88 Å². The standard InChI is InChI=1S/C16H17FN4O2/c17-13-3-1-5-18-14(13)23-12-4-8-22-16(9-12)10-21(11-16)15-19-6-2-7-20-15/h1-3,5-7,12H,4,8-11H2/t12-/m1/s1. The van der Waals surface area contributed by atoms with E-state index >= 15 is 0 Å². The van der Waals surface area contributed by atoms with E-state index in [1.54, 1.807) is 24.5 Å². The molecule has 0 amide bonds. The quantitative estimate of drug-likeness (QED) is 0.861. The molecule has 7 heteroatoms. The van der Waals surface area contributed by atoms with Crippen LogP contribution in [0.15, 0.2) is 36.8 Å². The van der Waals surface area contributed by atoms with Crippen LogP contribution in [-0.2, 0) is 4.74 Å². The van der Waals surface area contributed by atoms with Gasteiger partial charge in [0.15, 0.2) is 5.82 Å². The van der Waals surface area contributed by atoms with E-state index in [0.29, 0.717) is 19.0 Å². The van der Waals surface area contributed by atoms with Gasteiger partial charge in [-0.3, -0.25) is 0 Å². The molecule has 2 saturated heterocycles. The summed E-state index contributed by atoms with van der Waals surface area (Å²) in [5.41, 5.74) is -0.257. The molecule has 1 atom stereocenters. The lowest BCUT2D eigenvalue weighted by atomic mass is 9.85. The summed E-state index contributed by atoms with van der Waals surface area (Å²) in [4.78, 5) is 14.5. The van der Waals surface area contributed by atoms with Gasteiger partial charge in [0.2, 0.25) is 5.95 Å². The third-order valence-electron chi connectivity index (χ3n) is 4.24. The Kier molecular flexibility index (Phi) is 3.57. The normalized spacial score (nSPS) is 22.7. The van der Waals surface area contributed by atoms with Crippen molar-refractivity contribution in [1.82, 2.24) is 15.0 Å². The molecule has 0 aromatic carbocycles. The van der Waals surface area contributed by atoms with Crippen LogP contribution in [0.2, 0.25) is 0 Å². The van der Waals surface area contributed by atoms with Gasteiger partial charge in [-0.2, -0.15) is 0 Å². The van der Waals surface area contributed by atoms with E-state index in [4.69, 9.17) is 9.47 Å². The van der Waals surface area contributed by atoms with Gasteiger partial charge in [-0.15, -0.1) is 0 Å². The van der Waals surface area contributed by atoms with Crippen molar-refractivity contribution in [2.75, 3.05) is 24.6 Å². The molecular formula is C16H17FN4O2. The fourth-order valence-electron chi connectivity index (χ4n) is 3.16. The lowest BCUT2D eigenvalue weighted by molar-refractivity contribution is -0.127. The second-order valence-corrected chi connectivity index (χ2v) is 5.96. The molecule has 0 unspecified atom stereocenters. The smallest absolute Gasteiger partial charge is 0.250 e. The van der Waals surface area contributed by atoms with Crippen molar-refractivity contribution >= 4 is 5.95 Å². The maximum absolute atomic E-state index is 13.7. The van der Waals surface area contributed by atoms with Gasteiger partial charge in [0.1, 0.15) is 11.7 Å². The minimum Gasteiger partial charge on any atom is -0.472 e. The Labute approximate surface area is 133 Å². The van der Waals surface area contributed by atoms with Gasteiger partial charge < -0.3 is 14.4 Å². The molecule has 0 bridgehead atoms. The second-order valence-electron chi connectivity index (χ2n) is 5.96. The molecule has 4 heterocycles. The van der Waals surface area contributed by atoms with Crippen molar-refractivity contribution in [1.29, 1.82) is 0 Å². The van der Waals surface area contributed by atoms with Crippen LogP contribution in [0.1, 0.15) is 12.8 Å². The van der Waals surface area contributed by atoms with E-state index in [0.717, 1.165) is 19.5 Å². The highest BCUT2D eigenvalue weighted by molar-refractivity contribution is 5.37. The lowest BCUT2D eigenvalue weighted by Gasteiger charge is -2.52. The van der Waals surface area contributed by atoms with Crippen LogP contribution in [-0.4, -0.2) is 46.4 Å². The average molecular weight is 316 g/mol. The highest BCUT2D eigenvalue weighted by Gasteiger charge is 2.49. The van der Waals surface area contributed by atoms with E-state index in [1.807, 2.05) is 0 Å². The fraction of sp³-hybridized carbons (Fsp3) is 0.438. The number of ether oxygens (including phenoxy) is 2. The minimum atomic E-state index is -0.430. The van der Waals surface area contributed by atoms with Crippen molar-refractivity contribution in [3.05, 3.63) is 42.6 Å². The van der Waals surface area contributed by atoms with Crippen LogP contribution in [0, 0.1) is 5.82 Å². The summed E-state index contributed by atoms with van der Waals surface area (Å²) in [6.07, 6.45) is 6.35. The summed E-state index contributed by atoms with van der Waals surface area (Å²) in [7, 11) is 0. The summed E-state index contributed by atoms with van der Waals surface area (Å²) in [6.45, 7) is 2.05. The summed E-state index contributed by atoms with van der Waals surface area (Å²) < 4.78 is 25.4. The third-order valence-corrected chi connectivity index (χ3v) is 4.24. The van der Waals surface area contributed by atoms with Crippen LogP contribution in [0.3, 0.4) is 0 Å². The molecule has 0 aliphatic carbocycles. The molecule has 0 N–H and O–H groups in total. The van der Waals surface area contributed by atoms with Crippen molar-refractivity contribution < 1.29 is 13.9 Å². The molecule has 0 saturated carbocycles. The first-order valence-corrected chi connectivity index (χ1v) is 7.67. The Hall–Kier alpha value is -2.28. The predicted molar refractivity (Wildman–Crippen MR) is 80.8 cm³/mol. The molecule has 2 aliphatic rings. The largest absolute Gasteiger partial charge is 0.472 e. The number of aromatic nitrogens is 3. The topological polar surface area (TPSA) is 60.4 Å². The van der Waals surface area contributed by atoms with Gasteiger partial charge in [0, 0.05) is 31.4 Å². The zero-order valence-corrected chi connectivity index (χ0v) is 12.6. The molecule has 4 rings (SSSR count). The van der Waals surface area contributed by atoms with Gasteiger partial charge in [-0.25, -0.2) is 19.3 Å². The van der Waals surface area contributed by atoms with E-state index in [9.17, 15) is 4.39 Å². The number of pyridine rings is 1. The number of rotatable bonds is 3. The average Bonchev–Trinajstić information content (AvgIpc) is 2.56. The van der Waals surface area contributed by atoms with E-state index in [1.165, 1.54) is 12.3 Å². The summed E-state index contributed by atoms with van der Waals surface area (Å²) in [5, 5.41) is 0. The minimum absolute atomic E-state index is 0.0668. The second kappa shape index (κ2) is 5.73. The first kappa shape index (κ1) is 14.3. The molecule has 23 heavy (non-hydrogen) atoms. The Bertz CT molecular complexity index is 679. The van der Waals surface area contributed by atoms with Crippen molar-refractivity contribution in [3.63, 3.8) is 0 Å². The van der Waals surface area contributed by atoms with E-state index < -0.39 is 5.82 Å². The molecule has 6 nitrogen and oxygen atoms in total. The SMILES string of the molecule is Fc1cccnc1O[C@@H]1CCOC2(C1)CN(c1ncccn1)C2. The molecule has 1 spiro atoms. The number of hydrogen-bond donors (Lipinski definition) is 0. The molecule has 120 valence electrons. The third kappa shape index (κ3) is 2.84. The van der Waals surface area contributed by atoms with Gasteiger partial charge in [-0.05, 0) is 18.2 Å². The van der Waals surface area contributed by atoms with Gasteiger partial charge in [0.05, 0.1) is 19.7 Å². The van der Waals surface area contributed by atoms with Crippen molar-refractivity contribution in [2.24, 2.45) is 0 Å². The van der Waals surface area contributed by atoms with Crippen molar-refractivity contribution in [2.45, 2.75) is 24.5 Å². The Morgan fingerprint density at radius 1 is 1.17 bits per heavy atom. The van der Waals surface area contributed by atoms with Gasteiger partial charge in [-0.1, -0.05) is 0 Å². The molecular weight excluding hydrogens is 299 g/mol. The van der Waals surface area contributed by atoms with Crippen LogP contribution in [0.4, 0.5) is 10.3 Å². The zero-order valence-electron chi connectivity index (χ0n) is 12.6. The van der Waals surface area contributed by atoms with E-state index in [-0.39, 0.29) is 17.6 Å². The number of halogens is 1. The Morgan fingerprint density at radius 2 is 1.96 bits per heavy atom. The monoisotopic (exact) mass is 316 g/mol. The van der Waals surface area contributed by atoms with Crippen LogP contribution >= 0.6 is 0 Å². The maximum Gasteiger partial charge on any atom is 0.250 e. The number of hydrogen-bond acceptors (Lipinski definition) is 6.